The number of rotatable bonds is 7. The first-order valence-corrected chi connectivity index (χ1v) is 9.54. The highest BCUT2D eigenvalue weighted by Gasteiger charge is 2.38. The summed E-state index contributed by atoms with van der Waals surface area (Å²) in [5, 5.41) is 6.95. The van der Waals surface area contributed by atoms with Gasteiger partial charge in [0, 0.05) is 32.5 Å². The van der Waals surface area contributed by atoms with Crippen molar-refractivity contribution < 1.29 is 22.0 Å². The molecule has 6 nitrogen and oxygen atoms in total. The Bertz CT molecular complexity index is 811. The lowest BCUT2D eigenvalue weighted by Gasteiger charge is -2.31. The number of alkyl halides is 5. The van der Waals surface area contributed by atoms with Crippen molar-refractivity contribution in [2.45, 2.75) is 50.4 Å². The van der Waals surface area contributed by atoms with Crippen LogP contribution in [0.1, 0.15) is 43.0 Å². The Hall–Kier alpha value is -1.85. The van der Waals surface area contributed by atoms with Crippen molar-refractivity contribution in [2.75, 3.05) is 13.1 Å². The summed E-state index contributed by atoms with van der Waals surface area (Å²) < 4.78 is 66.4. The normalized spacial score (nSPS) is 20.1. The molecule has 0 spiro atoms. The molecule has 0 aliphatic heterocycles. The summed E-state index contributed by atoms with van der Waals surface area (Å²) in [4.78, 5) is 4.44. The van der Waals surface area contributed by atoms with Crippen LogP contribution in [0.3, 0.4) is 0 Å². The quantitative estimate of drug-likeness (QED) is 0.599. The Morgan fingerprint density at radius 1 is 1.28 bits per heavy atom. The van der Waals surface area contributed by atoms with Crippen molar-refractivity contribution >= 4 is 5.65 Å². The molecule has 5 N–H and O–H groups in total. The second-order valence-corrected chi connectivity index (χ2v) is 7.66. The zero-order valence-corrected chi connectivity index (χ0v) is 15.8. The van der Waals surface area contributed by atoms with Gasteiger partial charge < -0.3 is 16.8 Å². The summed E-state index contributed by atoms with van der Waals surface area (Å²) in [6.07, 6.45) is -0.816. The van der Waals surface area contributed by atoms with Gasteiger partial charge in [0.1, 0.15) is 0 Å². The van der Waals surface area contributed by atoms with E-state index >= 15 is 0 Å². The first-order chi connectivity index (χ1) is 13.6. The molecule has 1 unspecified atom stereocenters. The summed E-state index contributed by atoms with van der Waals surface area (Å²) in [5.74, 6) is -4.30. The van der Waals surface area contributed by atoms with E-state index in [-0.39, 0.29) is 31.8 Å². The summed E-state index contributed by atoms with van der Waals surface area (Å²) >= 11 is 0. The molecule has 29 heavy (non-hydrogen) atoms. The highest BCUT2D eigenvalue weighted by Crippen LogP contribution is 2.40. The van der Waals surface area contributed by atoms with E-state index in [2.05, 4.69) is 15.4 Å². The molecule has 0 saturated heterocycles. The molecule has 2 aromatic heterocycles. The number of fused-ring (bicyclic) bond motifs is 1. The number of nitrogens with two attached hydrogens (primary N) is 2. The van der Waals surface area contributed by atoms with Crippen molar-refractivity contribution in [1.29, 1.82) is 0 Å². The molecule has 2 heterocycles. The van der Waals surface area contributed by atoms with E-state index in [0.29, 0.717) is 29.7 Å². The van der Waals surface area contributed by atoms with Crippen LogP contribution in [0.25, 0.3) is 5.65 Å². The maximum absolute atomic E-state index is 13.3. The van der Waals surface area contributed by atoms with Gasteiger partial charge in [0.2, 0.25) is 5.92 Å². The van der Waals surface area contributed by atoms with Crippen molar-refractivity contribution in [3.8, 4) is 0 Å². The first-order valence-electron chi connectivity index (χ1n) is 9.54. The molecule has 1 aliphatic rings. The molecule has 0 bridgehead atoms. The fourth-order valence-electron chi connectivity index (χ4n) is 3.58. The largest absolute Gasteiger partial charge is 0.394 e. The van der Waals surface area contributed by atoms with Crippen molar-refractivity contribution in [1.82, 2.24) is 19.9 Å². The Kier molecular flexibility index (Phi) is 6.39. The van der Waals surface area contributed by atoms with Gasteiger partial charge in [0.05, 0.1) is 30.0 Å². The van der Waals surface area contributed by atoms with E-state index in [1.54, 1.807) is 12.3 Å². The molecule has 0 aromatic carbocycles. The number of halogens is 5. The lowest BCUT2D eigenvalue weighted by Crippen LogP contribution is -2.38. The van der Waals surface area contributed by atoms with Crippen LogP contribution in [0.4, 0.5) is 22.0 Å². The highest BCUT2D eigenvalue weighted by atomic mass is 19.4. The van der Waals surface area contributed by atoms with E-state index < -0.39 is 30.6 Å². The molecule has 162 valence electrons. The van der Waals surface area contributed by atoms with Crippen LogP contribution in [0.5, 0.6) is 0 Å². The SMILES string of the molecule is NCC(CNCc1cnn2cc([C@@H](N)C3CCC(F)(F)CC3)nc2c1)C(F)(F)F. The summed E-state index contributed by atoms with van der Waals surface area (Å²) in [6, 6.07) is 1.24. The number of aromatic nitrogens is 3. The zero-order chi connectivity index (χ0) is 21.2. The number of hydrogen-bond acceptors (Lipinski definition) is 5. The summed E-state index contributed by atoms with van der Waals surface area (Å²) in [7, 11) is 0. The van der Waals surface area contributed by atoms with E-state index in [4.69, 9.17) is 11.5 Å². The molecule has 0 radical (unpaired) electrons. The van der Waals surface area contributed by atoms with Gasteiger partial charge >= 0.3 is 6.18 Å². The molecule has 1 saturated carbocycles. The first kappa shape index (κ1) is 21.8. The third-order valence-corrected chi connectivity index (χ3v) is 5.47. The van der Waals surface area contributed by atoms with Crippen LogP contribution in [0.2, 0.25) is 0 Å². The lowest BCUT2D eigenvalue weighted by atomic mass is 9.81. The summed E-state index contributed by atoms with van der Waals surface area (Å²) in [5.41, 5.74) is 13.2. The van der Waals surface area contributed by atoms with Gasteiger partial charge in [-0.15, -0.1) is 0 Å². The minimum absolute atomic E-state index is 0.0729. The number of nitrogens with one attached hydrogen (secondary N) is 1. The van der Waals surface area contributed by atoms with Crippen LogP contribution in [-0.2, 0) is 6.54 Å². The fourth-order valence-corrected chi connectivity index (χ4v) is 3.58. The second-order valence-electron chi connectivity index (χ2n) is 7.66. The predicted octanol–water partition coefficient (Wildman–Crippen LogP) is 2.78. The van der Waals surface area contributed by atoms with Crippen molar-refractivity contribution in [3.63, 3.8) is 0 Å². The zero-order valence-electron chi connectivity index (χ0n) is 15.8. The number of imidazole rings is 1. The molecule has 2 aromatic rings. The molecule has 11 heteroatoms. The lowest BCUT2D eigenvalue weighted by molar-refractivity contribution is -0.170. The standard InChI is InChI=1S/C18H25F5N6/c19-17(20)3-1-12(2-4-17)16(25)14-10-29-15(28-14)5-11(8-27-29)7-26-9-13(6-24)18(21,22)23/h5,8,10,12-13,16,26H,1-4,6-7,9,24-25H2/t13?,16-/m0/s1. The van der Waals surface area contributed by atoms with Gasteiger partial charge in [-0.05, 0) is 30.4 Å². The Morgan fingerprint density at radius 3 is 2.59 bits per heavy atom. The van der Waals surface area contributed by atoms with Gasteiger partial charge in [-0.25, -0.2) is 18.3 Å². The molecule has 0 amide bonds. The molecule has 3 rings (SSSR count). The van der Waals surface area contributed by atoms with Crippen LogP contribution in [0, 0.1) is 11.8 Å². The summed E-state index contributed by atoms with van der Waals surface area (Å²) in [6.45, 7) is -0.591. The average molecular weight is 420 g/mol. The molecule has 1 aliphatic carbocycles. The monoisotopic (exact) mass is 420 g/mol. The van der Waals surface area contributed by atoms with Gasteiger partial charge in [-0.2, -0.15) is 18.3 Å². The van der Waals surface area contributed by atoms with Crippen molar-refractivity contribution in [2.24, 2.45) is 23.3 Å². The predicted molar refractivity (Wildman–Crippen MR) is 97.1 cm³/mol. The topological polar surface area (TPSA) is 94.3 Å². The van der Waals surface area contributed by atoms with Crippen LogP contribution in [-0.4, -0.2) is 39.8 Å². The van der Waals surface area contributed by atoms with Crippen LogP contribution in [0.15, 0.2) is 18.5 Å². The van der Waals surface area contributed by atoms with E-state index in [0.717, 1.165) is 0 Å². The maximum atomic E-state index is 13.3. The van der Waals surface area contributed by atoms with E-state index in [9.17, 15) is 22.0 Å². The smallest absolute Gasteiger partial charge is 0.330 e. The highest BCUT2D eigenvalue weighted by molar-refractivity contribution is 5.41. The molecule has 1 fully saturated rings. The fraction of sp³-hybridized carbons (Fsp3) is 0.667. The minimum Gasteiger partial charge on any atom is -0.330 e. The third-order valence-electron chi connectivity index (χ3n) is 5.47. The Balaban J connectivity index is 1.62. The van der Waals surface area contributed by atoms with Crippen molar-refractivity contribution in [3.05, 3.63) is 29.7 Å². The second kappa shape index (κ2) is 8.49. The number of nitrogens with zero attached hydrogens (tertiary/aromatic N) is 3. The third kappa shape index (κ3) is 5.40. The van der Waals surface area contributed by atoms with Gasteiger partial charge in [0.15, 0.2) is 5.65 Å². The Morgan fingerprint density at radius 2 is 1.97 bits per heavy atom. The van der Waals surface area contributed by atoms with E-state index in [1.165, 1.54) is 10.7 Å². The van der Waals surface area contributed by atoms with Crippen LogP contribution < -0.4 is 16.8 Å². The number of hydrogen-bond donors (Lipinski definition) is 3. The van der Waals surface area contributed by atoms with Gasteiger partial charge in [0.25, 0.3) is 0 Å². The average Bonchev–Trinajstić information content (AvgIpc) is 3.07. The molecular weight excluding hydrogens is 395 g/mol. The van der Waals surface area contributed by atoms with Gasteiger partial charge in [-0.3, -0.25) is 0 Å². The molecule has 2 atom stereocenters. The maximum Gasteiger partial charge on any atom is 0.394 e. The van der Waals surface area contributed by atoms with Gasteiger partial charge in [-0.1, -0.05) is 0 Å². The van der Waals surface area contributed by atoms with E-state index in [1.807, 2.05) is 0 Å². The van der Waals surface area contributed by atoms with Crippen LogP contribution >= 0.6 is 0 Å². The Labute approximate surface area is 164 Å². The molecular formula is C18H25F5N6. The minimum atomic E-state index is -4.35.